The Morgan fingerprint density at radius 1 is 0.914 bits per heavy atom. The first-order chi connectivity index (χ1) is 17.1. The second-order valence-electron chi connectivity index (χ2n) is 10.1. The third-order valence-electron chi connectivity index (χ3n) is 8.21. The molecule has 0 amide bonds. The normalized spacial score (nSPS) is 17.4. The Hall–Kier alpha value is -3.37. The van der Waals surface area contributed by atoms with Crippen LogP contribution in [-0.2, 0) is 10.2 Å². The molecule has 1 aromatic heterocycles. The van der Waals surface area contributed by atoms with E-state index in [4.69, 9.17) is 0 Å². The lowest BCUT2D eigenvalue weighted by atomic mass is 9.71. The molecule has 1 saturated heterocycles. The first kappa shape index (κ1) is 22.1. The van der Waals surface area contributed by atoms with Gasteiger partial charge < -0.3 is 9.67 Å². The van der Waals surface area contributed by atoms with Gasteiger partial charge in [-0.25, -0.2) is 0 Å². The van der Waals surface area contributed by atoms with Gasteiger partial charge in [-0.15, -0.1) is 0 Å². The van der Waals surface area contributed by atoms with Gasteiger partial charge in [-0.1, -0.05) is 80.1 Å². The molecule has 1 fully saturated rings. The predicted molar refractivity (Wildman–Crippen MR) is 141 cm³/mol. The van der Waals surface area contributed by atoms with Crippen LogP contribution in [0.15, 0.2) is 79.0 Å². The van der Waals surface area contributed by atoms with Crippen molar-refractivity contribution in [3.05, 3.63) is 90.1 Å². The number of carbonyl (C=O) groups is 1. The first-order valence-electron chi connectivity index (χ1n) is 12.9. The van der Waals surface area contributed by atoms with Crippen molar-refractivity contribution in [3.63, 3.8) is 0 Å². The lowest BCUT2D eigenvalue weighted by molar-refractivity contribution is -0.124. The quantitative estimate of drug-likeness (QED) is 0.363. The fraction of sp³-hybridized carbons (Fsp3) is 0.323. The molecule has 0 atom stereocenters. The maximum atomic E-state index is 14.2. The van der Waals surface area contributed by atoms with Crippen LogP contribution in [0.2, 0.25) is 0 Å². The number of fused-ring (bicyclic) bond motifs is 4. The molecule has 6 rings (SSSR count). The minimum Gasteiger partial charge on any atom is -0.494 e. The number of likely N-dealkylation sites (tertiary alicyclic amines) is 1. The summed E-state index contributed by atoms with van der Waals surface area (Å²) in [7, 11) is 0. The number of hydrogen-bond donors (Lipinski definition) is 1. The van der Waals surface area contributed by atoms with Crippen molar-refractivity contribution >= 4 is 16.6 Å². The molecule has 35 heavy (non-hydrogen) atoms. The molecule has 0 radical (unpaired) electrons. The average Bonchev–Trinajstić information content (AvgIpc) is 3.38. The zero-order chi connectivity index (χ0) is 24.0. The number of hydrogen-bond acceptors (Lipinski definition) is 3. The van der Waals surface area contributed by atoms with Gasteiger partial charge >= 0.3 is 0 Å². The van der Waals surface area contributed by atoms with Gasteiger partial charge in [0.1, 0.15) is 0 Å². The minimum absolute atomic E-state index is 0.256. The van der Waals surface area contributed by atoms with Crippen LogP contribution in [0, 0.1) is 0 Å². The van der Waals surface area contributed by atoms with Crippen LogP contribution in [0.4, 0.5) is 0 Å². The summed E-state index contributed by atoms with van der Waals surface area (Å²) in [5, 5.41) is 12.8. The molecule has 0 saturated carbocycles. The Bertz CT molecular complexity index is 1350. The van der Waals surface area contributed by atoms with Crippen LogP contribution >= 0.6 is 0 Å². The number of ketones is 1. The van der Waals surface area contributed by atoms with Gasteiger partial charge in [0.25, 0.3) is 0 Å². The molecule has 2 aliphatic rings. The van der Waals surface area contributed by atoms with Gasteiger partial charge in [0.05, 0.1) is 12.0 Å². The summed E-state index contributed by atoms with van der Waals surface area (Å²) in [5.41, 5.74) is 4.20. The van der Waals surface area contributed by atoms with Crippen molar-refractivity contribution in [2.45, 2.75) is 44.1 Å². The third-order valence-corrected chi connectivity index (χ3v) is 8.21. The third kappa shape index (κ3) is 3.42. The van der Waals surface area contributed by atoms with Gasteiger partial charge in [-0.05, 0) is 47.6 Å². The van der Waals surface area contributed by atoms with Crippen molar-refractivity contribution in [2.24, 2.45) is 0 Å². The summed E-state index contributed by atoms with van der Waals surface area (Å²) in [6, 6.07) is 25.2. The van der Waals surface area contributed by atoms with Crippen LogP contribution in [0.25, 0.3) is 21.9 Å². The van der Waals surface area contributed by atoms with E-state index >= 15 is 0 Å². The van der Waals surface area contributed by atoms with E-state index < -0.39 is 5.41 Å². The van der Waals surface area contributed by atoms with E-state index in [0.717, 1.165) is 49.5 Å². The van der Waals surface area contributed by atoms with Crippen molar-refractivity contribution < 1.29 is 9.90 Å². The molecule has 4 nitrogen and oxygen atoms in total. The minimum atomic E-state index is -0.560. The van der Waals surface area contributed by atoms with Gasteiger partial charge in [-0.3, -0.25) is 9.69 Å². The molecular formula is C31H32N2O2. The largest absolute Gasteiger partial charge is 0.494 e. The topological polar surface area (TPSA) is 45.5 Å². The zero-order valence-electron chi connectivity index (χ0n) is 20.3. The lowest BCUT2D eigenvalue weighted by Crippen LogP contribution is -2.45. The van der Waals surface area contributed by atoms with E-state index in [1.807, 2.05) is 28.8 Å². The van der Waals surface area contributed by atoms with Crippen LogP contribution in [0.3, 0.4) is 0 Å². The zero-order valence-corrected chi connectivity index (χ0v) is 20.3. The second-order valence-corrected chi connectivity index (χ2v) is 10.1. The molecule has 1 aliphatic carbocycles. The first-order valence-corrected chi connectivity index (χ1v) is 12.9. The van der Waals surface area contributed by atoms with Gasteiger partial charge in [0.15, 0.2) is 11.7 Å². The van der Waals surface area contributed by atoms with Crippen molar-refractivity contribution in [1.29, 1.82) is 0 Å². The average molecular weight is 465 g/mol. The van der Waals surface area contributed by atoms with Crippen molar-refractivity contribution in [2.75, 3.05) is 19.6 Å². The summed E-state index contributed by atoms with van der Waals surface area (Å²) in [6.45, 7) is 4.36. The van der Waals surface area contributed by atoms with Gasteiger partial charge in [-0.2, -0.15) is 0 Å². The summed E-state index contributed by atoms with van der Waals surface area (Å²) in [6.07, 6.45) is 5.71. The highest BCUT2D eigenvalue weighted by Crippen LogP contribution is 2.52. The highest BCUT2D eigenvalue weighted by molar-refractivity contribution is 6.02. The van der Waals surface area contributed by atoms with E-state index in [-0.39, 0.29) is 6.04 Å². The number of Topliss-reactive ketones (excluding diaryl/α,β-unsaturated/α-hetero) is 1. The standard InChI is InChI=1S/C31H32N2O2/c1-2-17-31(27-13-7-5-11-25(27)26-12-6-8-14-28(26)31)29(34)21-32-18-15-23(16-19-32)33-20-22-9-3-4-10-24(22)30(33)35/h3-14,20,23,35H,2,15-19,21H2,1H3. The second kappa shape index (κ2) is 8.69. The Kier molecular flexibility index (Phi) is 5.49. The fourth-order valence-corrected chi connectivity index (χ4v) is 6.54. The van der Waals surface area contributed by atoms with Crippen molar-refractivity contribution in [3.8, 4) is 17.0 Å². The number of rotatable bonds is 6. The number of aromatic hydroxyl groups is 1. The van der Waals surface area contributed by atoms with E-state index in [9.17, 15) is 9.90 Å². The van der Waals surface area contributed by atoms with Crippen LogP contribution in [0.1, 0.15) is 49.8 Å². The van der Waals surface area contributed by atoms with Gasteiger partial charge in [0, 0.05) is 36.1 Å². The Morgan fingerprint density at radius 3 is 2.14 bits per heavy atom. The Balaban J connectivity index is 1.24. The molecule has 2 heterocycles. The summed E-state index contributed by atoms with van der Waals surface area (Å²) in [4.78, 5) is 16.5. The van der Waals surface area contributed by atoms with Crippen LogP contribution in [0.5, 0.6) is 5.88 Å². The van der Waals surface area contributed by atoms with E-state index in [2.05, 4.69) is 66.6 Å². The molecule has 4 aromatic rings. The van der Waals surface area contributed by atoms with Crippen LogP contribution in [-0.4, -0.2) is 40.0 Å². The smallest absolute Gasteiger partial charge is 0.199 e. The lowest BCUT2D eigenvalue weighted by Gasteiger charge is -2.36. The number of aromatic nitrogens is 1. The molecule has 1 N–H and O–H groups in total. The molecule has 0 spiro atoms. The summed E-state index contributed by atoms with van der Waals surface area (Å²) >= 11 is 0. The maximum Gasteiger partial charge on any atom is 0.199 e. The monoisotopic (exact) mass is 464 g/mol. The highest BCUT2D eigenvalue weighted by Gasteiger charge is 2.48. The molecule has 3 aromatic carbocycles. The fourth-order valence-electron chi connectivity index (χ4n) is 6.54. The molecule has 1 aliphatic heterocycles. The summed E-state index contributed by atoms with van der Waals surface area (Å²) in [5.74, 6) is 0.668. The van der Waals surface area contributed by atoms with Crippen molar-refractivity contribution in [1.82, 2.24) is 9.47 Å². The predicted octanol–water partition coefficient (Wildman–Crippen LogP) is 6.32. The van der Waals surface area contributed by atoms with E-state index in [1.54, 1.807) is 0 Å². The highest BCUT2D eigenvalue weighted by atomic mass is 16.3. The molecular weight excluding hydrogens is 432 g/mol. The van der Waals surface area contributed by atoms with Crippen LogP contribution < -0.4 is 0 Å². The van der Waals surface area contributed by atoms with Gasteiger partial charge in [0.2, 0.25) is 0 Å². The Labute approximate surface area is 206 Å². The number of piperidine rings is 1. The van der Waals surface area contributed by atoms with E-state index in [1.165, 1.54) is 22.3 Å². The Morgan fingerprint density at radius 2 is 1.51 bits per heavy atom. The molecule has 0 bridgehead atoms. The number of benzene rings is 3. The summed E-state index contributed by atoms with van der Waals surface area (Å²) < 4.78 is 2.03. The molecule has 0 unspecified atom stereocenters. The van der Waals surface area contributed by atoms with E-state index in [0.29, 0.717) is 18.2 Å². The molecule has 4 heteroatoms. The number of carbonyl (C=O) groups excluding carboxylic acids is 1. The molecule has 178 valence electrons. The number of nitrogens with zero attached hydrogens (tertiary/aromatic N) is 2. The maximum absolute atomic E-state index is 14.2. The SMILES string of the molecule is CCCC1(C(=O)CN2CCC(n3cc4ccccc4c3O)CC2)c2ccccc2-c2ccccc21.